The summed E-state index contributed by atoms with van der Waals surface area (Å²) in [5, 5.41) is 10.3. The summed E-state index contributed by atoms with van der Waals surface area (Å²) in [4.78, 5) is 2.18. The molecule has 0 aliphatic carbocycles. The lowest BCUT2D eigenvalue weighted by atomic mass is 9.94. The molecule has 1 aliphatic rings. The Morgan fingerprint density at radius 1 is 1.40 bits per heavy atom. The molecule has 1 aromatic carbocycles. The van der Waals surface area contributed by atoms with Crippen LogP contribution < -0.4 is 5.73 Å². The molecule has 0 spiro atoms. The number of rotatable bonds is 3. The van der Waals surface area contributed by atoms with E-state index in [0.29, 0.717) is 6.54 Å². The molecule has 0 aromatic heterocycles. The summed E-state index contributed by atoms with van der Waals surface area (Å²) < 4.78 is 0. The molecule has 0 bridgehead atoms. The Morgan fingerprint density at radius 3 is 2.53 bits per heavy atom. The van der Waals surface area contributed by atoms with E-state index < -0.39 is 5.60 Å². The highest BCUT2D eigenvalue weighted by Gasteiger charge is 2.31. The van der Waals surface area contributed by atoms with E-state index in [1.165, 1.54) is 0 Å². The standard InChI is InChI=1S/C12H18N2O/c1-12(15,9-14-7-11(13)8-14)10-5-3-2-4-6-10/h2-6,11,15H,7-9,13H2,1H3. The predicted octanol–water partition coefficient (Wildman–Crippen LogP) is 0.537. The van der Waals surface area contributed by atoms with Crippen molar-refractivity contribution in [1.82, 2.24) is 4.90 Å². The van der Waals surface area contributed by atoms with Crippen LogP contribution in [0.2, 0.25) is 0 Å². The van der Waals surface area contributed by atoms with E-state index in [9.17, 15) is 5.11 Å². The lowest BCUT2D eigenvalue weighted by Crippen LogP contribution is -2.58. The molecule has 1 heterocycles. The number of hydrogen-bond donors (Lipinski definition) is 2. The lowest BCUT2D eigenvalue weighted by Gasteiger charge is -2.41. The molecular weight excluding hydrogens is 188 g/mol. The summed E-state index contributed by atoms with van der Waals surface area (Å²) in [6.45, 7) is 4.29. The first-order valence-electron chi connectivity index (χ1n) is 5.34. The van der Waals surface area contributed by atoms with Gasteiger partial charge >= 0.3 is 0 Å². The van der Waals surface area contributed by atoms with Gasteiger partial charge in [0.05, 0.1) is 5.60 Å². The molecular formula is C12H18N2O. The summed E-state index contributed by atoms with van der Waals surface area (Å²) >= 11 is 0. The zero-order chi connectivity index (χ0) is 10.9. The molecule has 0 radical (unpaired) electrons. The zero-order valence-corrected chi connectivity index (χ0v) is 9.06. The van der Waals surface area contributed by atoms with Crippen molar-refractivity contribution in [2.75, 3.05) is 19.6 Å². The summed E-state index contributed by atoms with van der Waals surface area (Å²) in [5.74, 6) is 0. The van der Waals surface area contributed by atoms with Gasteiger partial charge in [-0.25, -0.2) is 0 Å². The Morgan fingerprint density at radius 2 is 2.00 bits per heavy atom. The summed E-state index contributed by atoms with van der Waals surface area (Å²) in [5.41, 5.74) is 5.89. The van der Waals surface area contributed by atoms with E-state index in [1.807, 2.05) is 37.3 Å². The maximum atomic E-state index is 10.3. The Hall–Kier alpha value is -0.900. The predicted molar refractivity (Wildman–Crippen MR) is 60.4 cm³/mol. The molecule has 3 nitrogen and oxygen atoms in total. The van der Waals surface area contributed by atoms with Crippen LogP contribution in [0.5, 0.6) is 0 Å². The first-order chi connectivity index (χ1) is 7.08. The monoisotopic (exact) mass is 206 g/mol. The number of hydrogen-bond acceptors (Lipinski definition) is 3. The quantitative estimate of drug-likeness (QED) is 0.759. The number of benzene rings is 1. The molecule has 1 saturated heterocycles. The van der Waals surface area contributed by atoms with Crippen LogP contribution in [0.25, 0.3) is 0 Å². The number of aliphatic hydroxyl groups is 1. The van der Waals surface area contributed by atoms with Crippen molar-refractivity contribution in [3.63, 3.8) is 0 Å². The van der Waals surface area contributed by atoms with Crippen LogP contribution in [0, 0.1) is 0 Å². The third-order valence-corrected chi connectivity index (χ3v) is 2.91. The molecule has 1 aliphatic heterocycles. The highest BCUT2D eigenvalue weighted by atomic mass is 16.3. The van der Waals surface area contributed by atoms with Crippen LogP contribution in [0.1, 0.15) is 12.5 Å². The first kappa shape index (κ1) is 10.6. The highest BCUT2D eigenvalue weighted by molar-refractivity contribution is 5.22. The van der Waals surface area contributed by atoms with Gasteiger partial charge in [-0.15, -0.1) is 0 Å². The van der Waals surface area contributed by atoms with Crippen molar-refractivity contribution < 1.29 is 5.11 Å². The summed E-state index contributed by atoms with van der Waals surface area (Å²) in [6.07, 6.45) is 0. The molecule has 1 aromatic rings. The van der Waals surface area contributed by atoms with Crippen LogP contribution in [-0.4, -0.2) is 35.7 Å². The van der Waals surface area contributed by atoms with Crippen LogP contribution in [0.15, 0.2) is 30.3 Å². The molecule has 3 heteroatoms. The maximum Gasteiger partial charge on any atom is 0.0994 e. The van der Waals surface area contributed by atoms with Crippen molar-refractivity contribution in [3.05, 3.63) is 35.9 Å². The molecule has 82 valence electrons. The zero-order valence-electron chi connectivity index (χ0n) is 9.06. The Bertz CT molecular complexity index is 318. The minimum absolute atomic E-state index is 0.288. The van der Waals surface area contributed by atoms with Gasteiger partial charge in [-0.2, -0.15) is 0 Å². The van der Waals surface area contributed by atoms with E-state index in [2.05, 4.69) is 4.90 Å². The minimum atomic E-state index is -0.776. The van der Waals surface area contributed by atoms with Crippen LogP contribution >= 0.6 is 0 Å². The number of nitrogens with two attached hydrogens (primary N) is 1. The van der Waals surface area contributed by atoms with Crippen LogP contribution in [-0.2, 0) is 5.60 Å². The third-order valence-electron chi connectivity index (χ3n) is 2.91. The van der Waals surface area contributed by atoms with Crippen molar-refractivity contribution in [1.29, 1.82) is 0 Å². The van der Waals surface area contributed by atoms with Gasteiger partial charge in [0.15, 0.2) is 0 Å². The van der Waals surface area contributed by atoms with Gasteiger partial charge in [0.25, 0.3) is 0 Å². The van der Waals surface area contributed by atoms with Crippen molar-refractivity contribution in [2.24, 2.45) is 5.73 Å². The molecule has 0 saturated carbocycles. The second kappa shape index (κ2) is 3.93. The molecule has 0 amide bonds. The molecule has 1 unspecified atom stereocenters. The van der Waals surface area contributed by atoms with Crippen molar-refractivity contribution in [3.8, 4) is 0 Å². The third kappa shape index (κ3) is 2.37. The van der Waals surface area contributed by atoms with Gasteiger partial charge in [-0.3, -0.25) is 4.90 Å². The fourth-order valence-corrected chi connectivity index (χ4v) is 2.06. The molecule has 1 atom stereocenters. The van der Waals surface area contributed by atoms with E-state index in [1.54, 1.807) is 0 Å². The fourth-order valence-electron chi connectivity index (χ4n) is 2.06. The van der Waals surface area contributed by atoms with Gasteiger partial charge in [0.2, 0.25) is 0 Å². The second-order valence-corrected chi connectivity index (χ2v) is 4.59. The number of likely N-dealkylation sites (tertiary alicyclic amines) is 1. The van der Waals surface area contributed by atoms with E-state index in [-0.39, 0.29) is 6.04 Å². The summed E-state index contributed by atoms with van der Waals surface area (Å²) in [6, 6.07) is 10.1. The molecule has 15 heavy (non-hydrogen) atoms. The van der Waals surface area contributed by atoms with Crippen molar-refractivity contribution >= 4 is 0 Å². The topological polar surface area (TPSA) is 49.5 Å². The SMILES string of the molecule is CC(O)(CN1CC(N)C1)c1ccccc1. The smallest absolute Gasteiger partial charge is 0.0994 e. The van der Waals surface area contributed by atoms with Gasteiger partial charge in [0, 0.05) is 25.7 Å². The van der Waals surface area contributed by atoms with Gasteiger partial charge < -0.3 is 10.8 Å². The van der Waals surface area contributed by atoms with Gasteiger partial charge in [-0.1, -0.05) is 30.3 Å². The summed E-state index contributed by atoms with van der Waals surface area (Å²) in [7, 11) is 0. The number of nitrogens with zero attached hydrogens (tertiary/aromatic N) is 1. The van der Waals surface area contributed by atoms with Crippen LogP contribution in [0.3, 0.4) is 0 Å². The number of β-amino-alcohol motifs (C(OH)–C–C–N with tert-alkyl or cyclic N) is 1. The molecule has 2 rings (SSSR count). The maximum absolute atomic E-state index is 10.3. The normalized spacial score (nSPS) is 22.1. The largest absolute Gasteiger partial charge is 0.384 e. The van der Waals surface area contributed by atoms with E-state index in [0.717, 1.165) is 18.7 Å². The van der Waals surface area contributed by atoms with Gasteiger partial charge in [-0.05, 0) is 12.5 Å². The first-order valence-corrected chi connectivity index (χ1v) is 5.34. The highest BCUT2D eigenvalue weighted by Crippen LogP contribution is 2.23. The van der Waals surface area contributed by atoms with Crippen molar-refractivity contribution in [2.45, 2.75) is 18.6 Å². The van der Waals surface area contributed by atoms with E-state index in [4.69, 9.17) is 5.73 Å². The second-order valence-electron chi connectivity index (χ2n) is 4.59. The average molecular weight is 206 g/mol. The van der Waals surface area contributed by atoms with E-state index >= 15 is 0 Å². The Labute approximate surface area is 90.5 Å². The lowest BCUT2D eigenvalue weighted by molar-refractivity contribution is -0.00875. The van der Waals surface area contributed by atoms with Crippen LogP contribution in [0.4, 0.5) is 0 Å². The fraction of sp³-hybridized carbons (Fsp3) is 0.500. The molecule has 1 fully saturated rings. The minimum Gasteiger partial charge on any atom is -0.384 e. The Kier molecular flexibility index (Phi) is 2.78. The van der Waals surface area contributed by atoms with Gasteiger partial charge in [0.1, 0.15) is 0 Å². The average Bonchev–Trinajstić information content (AvgIpc) is 2.17. The molecule has 3 N–H and O–H groups in total. The Balaban J connectivity index is 2.00.